The van der Waals surface area contributed by atoms with E-state index in [0.717, 1.165) is 6.42 Å². The molecule has 0 aliphatic rings. The quantitative estimate of drug-likeness (QED) is 0.602. The van der Waals surface area contributed by atoms with E-state index in [1.54, 1.807) is 0 Å². The molecule has 0 amide bonds. The van der Waals surface area contributed by atoms with Crippen LogP contribution in [0.15, 0.2) is 42.3 Å². The molecule has 0 saturated carbocycles. The highest BCUT2D eigenvalue weighted by Crippen LogP contribution is 2.22. The van der Waals surface area contributed by atoms with E-state index in [4.69, 9.17) is 5.73 Å². The summed E-state index contributed by atoms with van der Waals surface area (Å²) in [7, 11) is 0. The number of aryl methyl sites for hydroxylation is 1. The van der Waals surface area contributed by atoms with Gasteiger partial charge in [-0.05, 0) is 55.8 Å². The summed E-state index contributed by atoms with van der Waals surface area (Å²) < 4.78 is 0. The highest BCUT2D eigenvalue weighted by molar-refractivity contribution is 7.10. The second-order valence-electron chi connectivity index (χ2n) is 6.68. The Labute approximate surface area is 161 Å². The Hall–Kier alpha value is -1.38. The number of hydrogen-bond donors (Lipinski definition) is 1. The molecule has 0 fully saturated rings. The van der Waals surface area contributed by atoms with Gasteiger partial charge < -0.3 is 5.73 Å². The average Bonchev–Trinajstić information content (AvgIpc) is 2.94. The van der Waals surface area contributed by atoms with Crippen LogP contribution in [0.4, 0.5) is 0 Å². The molecule has 1 heterocycles. The van der Waals surface area contributed by atoms with E-state index in [1.165, 1.54) is 28.0 Å². The molecule has 2 rings (SSSR count). The third-order valence-corrected chi connectivity index (χ3v) is 3.62. The molecule has 0 saturated heterocycles. The lowest BCUT2D eigenvalue weighted by molar-refractivity contribution is 0.580. The van der Waals surface area contributed by atoms with Gasteiger partial charge in [0.1, 0.15) is 0 Å². The Bertz CT molecular complexity index is 555. The Morgan fingerprint density at radius 2 is 1.56 bits per heavy atom. The van der Waals surface area contributed by atoms with Gasteiger partial charge in [-0.3, -0.25) is 0 Å². The third-order valence-electron chi connectivity index (χ3n) is 2.59. The molecule has 142 valence electrons. The number of benzene rings is 1. The summed E-state index contributed by atoms with van der Waals surface area (Å²) in [5.74, 6) is 0. The average molecular weight is 362 g/mol. The first kappa shape index (κ1) is 25.9. The van der Waals surface area contributed by atoms with Crippen molar-refractivity contribution in [3.8, 4) is 0 Å². The number of thiophene rings is 1. The molecule has 0 atom stereocenters. The fourth-order valence-corrected chi connectivity index (χ4v) is 2.58. The smallest absolute Gasteiger partial charge is 0.0118 e. The van der Waals surface area contributed by atoms with Crippen LogP contribution in [0.3, 0.4) is 0 Å². The van der Waals surface area contributed by atoms with Gasteiger partial charge in [0, 0.05) is 16.8 Å². The van der Waals surface area contributed by atoms with Gasteiger partial charge in [-0.25, -0.2) is 0 Å². The van der Waals surface area contributed by atoms with Gasteiger partial charge in [-0.1, -0.05) is 71.0 Å². The molecule has 0 aliphatic heterocycles. The zero-order valence-electron chi connectivity index (χ0n) is 17.6. The molecule has 1 nitrogen and oxygen atoms in total. The lowest BCUT2D eigenvalue weighted by Gasteiger charge is -2.06. The molecule has 1 aromatic heterocycles. The number of nitrogens with two attached hydrogens (primary N) is 1. The van der Waals surface area contributed by atoms with Crippen LogP contribution in [0, 0.1) is 6.92 Å². The Morgan fingerprint density at radius 1 is 1.08 bits per heavy atom. The summed E-state index contributed by atoms with van der Waals surface area (Å²) in [5, 5.41) is 2.15. The Balaban J connectivity index is 0. The van der Waals surface area contributed by atoms with E-state index in [-0.39, 0.29) is 5.54 Å². The highest BCUT2D eigenvalue weighted by Gasteiger charge is 2.03. The molecule has 2 aromatic rings. The first-order valence-electron chi connectivity index (χ1n) is 9.25. The maximum Gasteiger partial charge on any atom is 0.0118 e. The first-order chi connectivity index (χ1) is 11.7. The summed E-state index contributed by atoms with van der Waals surface area (Å²) >= 11 is 1.83. The Kier molecular flexibility index (Phi) is 15.4. The van der Waals surface area contributed by atoms with E-state index in [0.29, 0.717) is 0 Å². The van der Waals surface area contributed by atoms with Crippen molar-refractivity contribution in [2.75, 3.05) is 0 Å². The largest absolute Gasteiger partial charge is 0.326 e. The van der Waals surface area contributed by atoms with Gasteiger partial charge in [-0.15, -0.1) is 11.3 Å². The van der Waals surface area contributed by atoms with E-state index >= 15 is 0 Å². The van der Waals surface area contributed by atoms with Gasteiger partial charge in [0.05, 0.1) is 0 Å². The van der Waals surface area contributed by atoms with Crippen LogP contribution in [0.25, 0.3) is 6.08 Å². The first-order valence-corrected chi connectivity index (χ1v) is 10.1. The fourth-order valence-electron chi connectivity index (χ4n) is 1.65. The summed E-state index contributed by atoms with van der Waals surface area (Å²) in [6.45, 7) is 20.2. The van der Waals surface area contributed by atoms with Crippen LogP contribution in [0.2, 0.25) is 0 Å². The molecule has 0 bridgehead atoms. The molecule has 25 heavy (non-hydrogen) atoms. The van der Waals surface area contributed by atoms with Crippen LogP contribution in [0.5, 0.6) is 0 Å². The predicted octanol–water partition coefficient (Wildman–Crippen LogP) is 7.48. The standard InChI is InChI=1S/C14H14S.C4H11N.C3H8.C2H6/c1-3-12-6-4-5-7-13(12)10-14-11(2)8-9-15-14;1-4(2,3)5;1-3-2;1-2/h3-9H,1,10H2,2H3;5H2,1-3H3;3H2,1-2H3;1-2H3. The zero-order chi connectivity index (χ0) is 19.9. The van der Waals surface area contributed by atoms with E-state index < -0.39 is 0 Å². The van der Waals surface area contributed by atoms with Crippen molar-refractivity contribution in [2.24, 2.45) is 5.73 Å². The number of hydrogen-bond acceptors (Lipinski definition) is 2. The van der Waals surface area contributed by atoms with E-state index in [2.05, 4.69) is 63.1 Å². The molecule has 0 spiro atoms. The van der Waals surface area contributed by atoms with Crippen molar-refractivity contribution in [3.63, 3.8) is 0 Å². The molecular weight excluding hydrogens is 322 g/mol. The monoisotopic (exact) mass is 361 g/mol. The van der Waals surface area contributed by atoms with Gasteiger partial charge in [0.2, 0.25) is 0 Å². The minimum absolute atomic E-state index is 0. The minimum Gasteiger partial charge on any atom is -0.326 e. The Morgan fingerprint density at radius 3 is 1.96 bits per heavy atom. The van der Waals surface area contributed by atoms with Crippen LogP contribution in [-0.2, 0) is 6.42 Å². The minimum atomic E-state index is 0. The van der Waals surface area contributed by atoms with E-state index in [1.807, 2.05) is 52.0 Å². The van der Waals surface area contributed by atoms with Gasteiger partial charge >= 0.3 is 0 Å². The fraction of sp³-hybridized carbons (Fsp3) is 0.478. The predicted molar refractivity (Wildman–Crippen MR) is 120 cm³/mol. The molecule has 0 unspecified atom stereocenters. The van der Waals surface area contributed by atoms with Crippen LogP contribution >= 0.6 is 11.3 Å². The molecule has 0 radical (unpaired) electrons. The second-order valence-corrected chi connectivity index (χ2v) is 7.68. The molecule has 2 heteroatoms. The molecular formula is C23H39NS. The van der Waals surface area contributed by atoms with Crippen LogP contribution in [0.1, 0.15) is 76.5 Å². The molecule has 2 N–H and O–H groups in total. The summed E-state index contributed by atoms with van der Waals surface area (Å²) in [6, 6.07) is 10.6. The normalized spacial score (nSPS) is 9.48. The topological polar surface area (TPSA) is 26.0 Å². The summed E-state index contributed by atoms with van der Waals surface area (Å²) in [6.07, 6.45) is 4.20. The maximum absolute atomic E-state index is 5.35. The third kappa shape index (κ3) is 14.7. The van der Waals surface area contributed by atoms with Crippen molar-refractivity contribution in [1.82, 2.24) is 0 Å². The van der Waals surface area contributed by atoms with Gasteiger partial charge in [0.15, 0.2) is 0 Å². The molecule has 1 aromatic carbocycles. The summed E-state index contributed by atoms with van der Waals surface area (Å²) in [4.78, 5) is 1.45. The summed E-state index contributed by atoms with van der Waals surface area (Å²) in [5.41, 5.74) is 9.34. The number of rotatable bonds is 3. The lowest BCUT2D eigenvalue weighted by Crippen LogP contribution is -2.26. The van der Waals surface area contributed by atoms with Crippen molar-refractivity contribution >= 4 is 17.4 Å². The highest BCUT2D eigenvalue weighted by atomic mass is 32.1. The second kappa shape index (κ2) is 14.9. The van der Waals surface area contributed by atoms with E-state index in [9.17, 15) is 0 Å². The van der Waals surface area contributed by atoms with Crippen LogP contribution < -0.4 is 5.73 Å². The van der Waals surface area contributed by atoms with Crippen LogP contribution in [-0.4, -0.2) is 5.54 Å². The van der Waals surface area contributed by atoms with Gasteiger partial charge in [0.25, 0.3) is 0 Å². The van der Waals surface area contributed by atoms with Gasteiger partial charge in [-0.2, -0.15) is 0 Å². The lowest BCUT2D eigenvalue weighted by atomic mass is 10.0. The zero-order valence-corrected chi connectivity index (χ0v) is 18.5. The van der Waals surface area contributed by atoms with Crippen molar-refractivity contribution in [1.29, 1.82) is 0 Å². The SMILES string of the molecule is C=Cc1ccccc1Cc1sccc1C.CC.CC(C)(C)N.CCC. The maximum atomic E-state index is 5.35. The molecule has 0 aliphatic carbocycles. The van der Waals surface area contributed by atoms with Crippen molar-refractivity contribution < 1.29 is 0 Å². The van der Waals surface area contributed by atoms with Crippen molar-refractivity contribution in [2.45, 2.75) is 73.8 Å². The van der Waals surface area contributed by atoms with Crippen molar-refractivity contribution in [3.05, 3.63) is 63.9 Å².